The summed E-state index contributed by atoms with van der Waals surface area (Å²) in [7, 11) is 1.52. The number of benzene rings is 2. The molecule has 164 valence electrons. The summed E-state index contributed by atoms with van der Waals surface area (Å²) in [5.41, 5.74) is 5.76. The molecule has 0 atom stereocenters. The molecule has 1 aromatic heterocycles. The summed E-state index contributed by atoms with van der Waals surface area (Å²) in [6.07, 6.45) is 1.66. The van der Waals surface area contributed by atoms with Gasteiger partial charge in [-0.15, -0.1) is 0 Å². The Kier molecular flexibility index (Phi) is 7.25. The molecule has 1 heterocycles. The molecule has 2 aromatic carbocycles. The van der Waals surface area contributed by atoms with Crippen molar-refractivity contribution in [1.29, 1.82) is 0 Å². The van der Waals surface area contributed by atoms with E-state index in [4.69, 9.17) is 10.5 Å². The number of H-pyrrole nitrogens is 1. The van der Waals surface area contributed by atoms with Crippen LogP contribution < -0.4 is 21.9 Å². The summed E-state index contributed by atoms with van der Waals surface area (Å²) in [5, 5.41) is 2.11. The number of ether oxygens (including phenoxy) is 1. The molecule has 0 spiro atoms. The van der Waals surface area contributed by atoms with E-state index in [2.05, 4.69) is 4.98 Å². The number of aromatic nitrogens is 2. The molecule has 0 unspecified atom stereocenters. The number of carbonyl (C=O) groups is 1. The van der Waals surface area contributed by atoms with Gasteiger partial charge in [-0.2, -0.15) is 0 Å². The molecule has 0 aliphatic carbocycles. The van der Waals surface area contributed by atoms with Gasteiger partial charge in [0.25, 0.3) is 5.56 Å². The Hall–Kier alpha value is -3.39. The number of methoxy groups -OCH3 is 1. The van der Waals surface area contributed by atoms with E-state index in [1.807, 2.05) is 49.4 Å². The van der Waals surface area contributed by atoms with Crippen LogP contribution in [0.1, 0.15) is 25.3 Å². The van der Waals surface area contributed by atoms with Gasteiger partial charge < -0.3 is 15.4 Å². The lowest BCUT2D eigenvalue weighted by Gasteiger charge is -2.24. The van der Waals surface area contributed by atoms with Crippen LogP contribution in [0.4, 0.5) is 11.5 Å². The minimum atomic E-state index is -0.682. The van der Waals surface area contributed by atoms with E-state index >= 15 is 0 Å². The maximum atomic E-state index is 13.2. The Morgan fingerprint density at radius 2 is 1.90 bits per heavy atom. The predicted molar refractivity (Wildman–Crippen MR) is 123 cm³/mol. The number of amides is 1. The fraction of sp³-hybridized carbons (Fsp3) is 0.348. The molecule has 0 bridgehead atoms. The maximum Gasteiger partial charge on any atom is 0.330 e. The van der Waals surface area contributed by atoms with Crippen LogP contribution in [0.2, 0.25) is 0 Å². The fourth-order valence-electron chi connectivity index (χ4n) is 3.54. The highest BCUT2D eigenvalue weighted by molar-refractivity contribution is 5.97. The molecular weight excluding hydrogens is 396 g/mol. The number of anilines is 2. The number of hydrogen-bond acceptors (Lipinski definition) is 5. The Balaban J connectivity index is 1.98. The van der Waals surface area contributed by atoms with Gasteiger partial charge in [-0.05, 0) is 22.8 Å². The number of nitrogens with zero attached hydrogens (tertiary/aromatic N) is 2. The van der Waals surface area contributed by atoms with Crippen LogP contribution in [0.15, 0.2) is 52.1 Å². The number of aromatic amines is 1. The summed E-state index contributed by atoms with van der Waals surface area (Å²) in [4.78, 5) is 41.7. The third-order valence-corrected chi connectivity index (χ3v) is 5.21. The van der Waals surface area contributed by atoms with Gasteiger partial charge in [0.1, 0.15) is 5.82 Å². The monoisotopic (exact) mass is 424 g/mol. The SMILES string of the molecule is CCCCn1c(N)c(N(CCOC)C(=O)Cc2ccc3ccccc3c2)c(=O)[nH]c1=O. The fourth-order valence-corrected chi connectivity index (χ4v) is 3.54. The van der Waals surface area contributed by atoms with E-state index in [1.165, 1.54) is 16.6 Å². The lowest BCUT2D eigenvalue weighted by atomic mass is 10.0. The van der Waals surface area contributed by atoms with Crippen molar-refractivity contribution in [3.63, 3.8) is 0 Å². The Labute approximate surface area is 180 Å². The average molecular weight is 425 g/mol. The van der Waals surface area contributed by atoms with Crippen molar-refractivity contribution in [3.05, 3.63) is 68.9 Å². The second-order valence-corrected chi connectivity index (χ2v) is 7.39. The predicted octanol–water partition coefficient (Wildman–Crippen LogP) is 2.29. The summed E-state index contributed by atoms with van der Waals surface area (Å²) in [6.45, 7) is 2.71. The topological polar surface area (TPSA) is 110 Å². The number of rotatable bonds is 9. The smallest absolute Gasteiger partial charge is 0.330 e. The van der Waals surface area contributed by atoms with Crippen molar-refractivity contribution in [2.24, 2.45) is 0 Å². The molecule has 0 aliphatic rings. The van der Waals surface area contributed by atoms with E-state index in [0.29, 0.717) is 6.54 Å². The molecule has 0 saturated heterocycles. The first-order chi connectivity index (χ1) is 15.0. The normalized spacial score (nSPS) is 11.0. The van der Waals surface area contributed by atoms with Crippen molar-refractivity contribution < 1.29 is 9.53 Å². The Morgan fingerprint density at radius 3 is 2.61 bits per heavy atom. The van der Waals surface area contributed by atoms with Crippen molar-refractivity contribution in [2.45, 2.75) is 32.7 Å². The molecule has 0 aliphatic heterocycles. The average Bonchev–Trinajstić information content (AvgIpc) is 2.75. The lowest BCUT2D eigenvalue weighted by molar-refractivity contribution is -0.118. The molecular formula is C23H28N4O4. The van der Waals surface area contributed by atoms with E-state index in [1.54, 1.807) is 0 Å². The third kappa shape index (κ3) is 5.03. The summed E-state index contributed by atoms with van der Waals surface area (Å²) in [5.74, 6) is -0.310. The summed E-state index contributed by atoms with van der Waals surface area (Å²) in [6, 6.07) is 13.7. The second-order valence-electron chi connectivity index (χ2n) is 7.39. The highest BCUT2D eigenvalue weighted by Gasteiger charge is 2.24. The molecule has 0 saturated carbocycles. The molecule has 8 heteroatoms. The lowest BCUT2D eigenvalue weighted by Crippen LogP contribution is -2.43. The Bertz CT molecular complexity index is 1180. The van der Waals surface area contributed by atoms with E-state index in [9.17, 15) is 14.4 Å². The third-order valence-electron chi connectivity index (χ3n) is 5.21. The van der Waals surface area contributed by atoms with Gasteiger partial charge in [-0.25, -0.2) is 4.79 Å². The number of fused-ring (bicyclic) bond motifs is 1. The highest BCUT2D eigenvalue weighted by Crippen LogP contribution is 2.20. The van der Waals surface area contributed by atoms with E-state index < -0.39 is 11.2 Å². The molecule has 1 amide bonds. The van der Waals surface area contributed by atoms with Gasteiger partial charge in [-0.1, -0.05) is 55.8 Å². The van der Waals surface area contributed by atoms with Crippen molar-refractivity contribution in [3.8, 4) is 0 Å². The number of nitrogens with two attached hydrogens (primary N) is 1. The van der Waals surface area contributed by atoms with Gasteiger partial charge in [0, 0.05) is 20.2 Å². The molecule has 0 radical (unpaired) electrons. The van der Waals surface area contributed by atoms with Gasteiger partial charge in [0.2, 0.25) is 5.91 Å². The highest BCUT2D eigenvalue weighted by atomic mass is 16.5. The quantitative estimate of drug-likeness (QED) is 0.548. The molecule has 3 N–H and O–H groups in total. The number of unbranched alkanes of at least 4 members (excludes halogenated alkanes) is 1. The zero-order chi connectivity index (χ0) is 22.4. The van der Waals surface area contributed by atoms with Crippen molar-refractivity contribution in [2.75, 3.05) is 30.9 Å². The molecule has 8 nitrogen and oxygen atoms in total. The number of nitrogens with one attached hydrogen (secondary N) is 1. The van der Waals surface area contributed by atoms with Crippen molar-refractivity contribution >= 4 is 28.2 Å². The number of carbonyl (C=O) groups excluding carboxylic acids is 1. The van der Waals surface area contributed by atoms with Crippen LogP contribution in [0.3, 0.4) is 0 Å². The molecule has 31 heavy (non-hydrogen) atoms. The summed E-state index contributed by atoms with van der Waals surface area (Å²) < 4.78 is 6.44. The first kappa shape index (κ1) is 22.3. The second kappa shape index (κ2) is 10.1. The van der Waals surface area contributed by atoms with Gasteiger partial charge in [-0.3, -0.25) is 19.1 Å². The summed E-state index contributed by atoms with van der Waals surface area (Å²) >= 11 is 0. The van der Waals surface area contributed by atoms with Crippen molar-refractivity contribution in [1.82, 2.24) is 9.55 Å². The Morgan fingerprint density at radius 1 is 1.16 bits per heavy atom. The van der Waals surface area contributed by atoms with Crippen LogP contribution >= 0.6 is 0 Å². The van der Waals surface area contributed by atoms with Crippen LogP contribution in [0.25, 0.3) is 10.8 Å². The molecule has 0 fully saturated rings. The van der Waals surface area contributed by atoms with Gasteiger partial charge in [0.15, 0.2) is 5.69 Å². The first-order valence-electron chi connectivity index (χ1n) is 10.4. The first-order valence-corrected chi connectivity index (χ1v) is 10.4. The maximum absolute atomic E-state index is 13.2. The number of nitrogen functional groups attached to an aromatic ring is 1. The van der Waals surface area contributed by atoms with Crippen LogP contribution in [-0.2, 0) is 22.5 Å². The molecule has 3 rings (SSSR count). The minimum absolute atomic E-state index is 0.00911. The van der Waals surface area contributed by atoms with Crippen LogP contribution in [-0.4, -0.2) is 35.7 Å². The number of hydrogen-bond donors (Lipinski definition) is 2. The standard InChI is InChI=1S/C23H28N4O4/c1-3-4-11-27-21(24)20(22(29)25-23(27)30)26(12-13-31-2)19(28)15-16-9-10-17-7-5-6-8-18(17)14-16/h5-10,14H,3-4,11-13,15,24H2,1-2H3,(H,25,29,30). The zero-order valence-electron chi connectivity index (χ0n) is 17.9. The minimum Gasteiger partial charge on any atom is -0.383 e. The van der Waals surface area contributed by atoms with Crippen LogP contribution in [0.5, 0.6) is 0 Å². The zero-order valence-corrected chi connectivity index (χ0v) is 17.9. The van der Waals surface area contributed by atoms with E-state index in [-0.39, 0.29) is 37.0 Å². The molecule has 3 aromatic rings. The van der Waals surface area contributed by atoms with Gasteiger partial charge in [0.05, 0.1) is 13.0 Å². The largest absolute Gasteiger partial charge is 0.383 e. The van der Waals surface area contributed by atoms with Gasteiger partial charge >= 0.3 is 5.69 Å². The van der Waals surface area contributed by atoms with E-state index in [0.717, 1.165) is 29.2 Å². The van der Waals surface area contributed by atoms with Crippen LogP contribution in [0, 0.1) is 0 Å².